The Balaban J connectivity index is 0.000000875. The van der Waals surface area contributed by atoms with Crippen LogP contribution in [0.2, 0.25) is 10.0 Å². The number of aliphatic hydroxyl groups is 3. The molecule has 4 rings (SSSR count). The molecule has 0 radical (unpaired) electrons. The molecule has 46 heavy (non-hydrogen) atoms. The fourth-order valence-corrected chi connectivity index (χ4v) is 5.12. The van der Waals surface area contributed by atoms with Gasteiger partial charge in [0.2, 0.25) is 6.29 Å². The molecule has 0 unspecified atom stereocenters. The van der Waals surface area contributed by atoms with Crippen LogP contribution in [0.5, 0.6) is 5.75 Å². The lowest BCUT2D eigenvalue weighted by molar-refractivity contribution is -0.293. The monoisotopic (exact) mass is 690 g/mol. The third-order valence-corrected chi connectivity index (χ3v) is 7.59. The lowest BCUT2D eigenvalue weighted by Gasteiger charge is -2.40. The second-order valence-electron chi connectivity index (χ2n) is 9.91. The number of hydrogen-bond acceptors (Lipinski definition) is 10. The van der Waals surface area contributed by atoms with Crippen LogP contribution in [-0.4, -0.2) is 87.7 Å². The summed E-state index contributed by atoms with van der Waals surface area (Å²) in [5.41, 5.74) is 2.10. The second-order valence-corrected chi connectivity index (χ2v) is 10.7. The van der Waals surface area contributed by atoms with Gasteiger partial charge < -0.3 is 38.8 Å². The van der Waals surface area contributed by atoms with E-state index in [1.54, 1.807) is 6.92 Å². The summed E-state index contributed by atoms with van der Waals surface area (Å²) < 4.78 is 55.3. The largest absolute Gasteiger partial charge is 0.483 e. The van der Waals surface area contributed by atoms with Crippen molar-refractivity contribution in [2.24, 2.45) is 0 Å². The van der Waals surface area contributed by atoms with Gasteiger partial charge in [-0.05, 0) is 37.1 Å². The van der Waals surface area contributed by atoms with Crippen LogP contribution in [0.1, 0.15) is 34.6 Å². The van der Waals surface area contributed by atoms with E-state index in [2.05, 4.69) is 10.9 Å². The SMILES string of the molecule is C#CCCCn1c(COc2c(Cl)cc(C(=O)O[C@H]3[C@@H](OC)O[C@H](CO)[C@@H](O)[C@@H]3O)c(C)c2Cl)nc2ccccc21.O=CC(F)(F)F. The van der Waals surface area contributed by atoms with E-state index in [4.69, 9.17) is 53.4 Å². The zero-order chi connectivity index (χ0) is 34.2. The molecule has 2 aromatic carbocycles. The first kappa shape index (κ1) is 37.0. The molecule has 11 nitrogen and oxygen atoms in total. The van der Waals surface area contributed by atoms with Crippen molar-refractivity contribution in [1.82, 2.24) is 9.55 Å². The molecule has 1 aliphatic heterocycles. The fourth-order valence-electron chi connectivity index (χ4n) is 4.56. The molecule has 3 N–H and O–H groups in total. The number of benzene rings is 2. The Morgan fingerprint density at radius 1 is 1.24 bits per heavy atom. The number of carbonyl (C=O) groups is 2. The maximum absolute atomic E-state index is 13.1. The number of hydrogen-bond donors (Lipinski definition) is 3. The lowest BCUT2D eigenvalue weighted by atomic mass is 9.99. The number of unbranched alkanes of at least 4 members (excludes halogenated alkanes) is 1. The number of rotatable bonds is 10. The van der Waals surface area contributed by atoms with Gasteiger partial charge in [-0.25, -0.2) is 9.78 Å². The first-order chi connectivity index (χ1) is 21.8. The number of methoxy groups -OCH3 is 1. The number of aromatic nitrogens is 2. The Morgan fingerprint density at radius 2 is 1.91 bits per heavy atom. The molecule has 1 aromatic heterocycles. The zero-order valence-electron chi connectivity index (χ0n) is 24.5. The van der Waals surface area contributed by atoms with Crippen molar-refractivity contribution in [3.8, 4) is 18.1 Å². The Hall–Kier alpha value is -3.42. The second kappa shape index (κ2) is 16.4. The number of alkyl halides is 3. The molecule has 0 aliphatic carbocycles. The van der Waals surface area contributed by atoms with Gasteiger partial charge >= 0.3 is 12.1 Å². The maximum atomic E-state index is 13.1. The van der Waals surface area contributed by atoms with Gasteiger partial charge in [-0.15, -0.1) is 12.3 Å². The molecule has 5 atom stereocenters. The highest BCUT2D eigenvalue weighted by molar-refractivity contribution is 6.38. The summed E-state index contributed by atoms with van der Waals surface area (Å²) in [5.74, 6) is 2.58. The predicted octanol–water partition coefficient (Wildman–Crippen LogP) is 4.00. The minimum Gasteiger partial charge on any atom is -0.483 e. The van der Waals surface area contributed by atoms with E-state index in [-0.39, 0.29) is 28.0 Å². The number of ether oxygens (including phenoxy) is 4. The summed E-state index contributed by atoms with van der Waals surface area (Å²) in [4.78, 5) is 26.5. The summed E-state index contributed by atoms with van der Waals surface area (Å²) in [7, 11) is 1.28. The van der Waals surface area contributed by atoms with E-state index in [0.29, 0.717) is 24.4 Å². The van der Waals surface area contributed by atoms with Gasteiger partial charge in [0.05, 0.1) is 33.2 Å². The normalized spacial score (nSPS) is 21.2. The molecule has 1 saturated heterocycles. The molecule has 0 amide bonds. The third-order valence-electron chi connectivity index (χ3n) is 6.86. The van der Waals surface area contributed by atoms with Crippen molar-refractivity contribution >= 4 is 46.5 Å². The number of aliphatic hydroxyl groups excluding tert-OH is 3. The average molecular weight is 691 g/mol. The standard InChI is InChI=1S/C28H30Cl2N2O8.C2HF3O/c1-4-5-8-11-32-19-10-7-6-9-18(19)31-21(32)14-38-25-17(29)12-16(15(2)22(25)30)27(36)40-26-24(35)23(34)20(13-33)39-28(26)37-3;3-2(4,5)1-6/h1,6-7,9-10,12,20,23-24,26,28,33-35H,5,8,11,13-14H2,2-3H3;1H/t20-,23-,24+,26-,28+;/m1./s1. The number of terminal acetylenes is 1. The minimum absolute atomic E-state index is 0.0182. The first-order valence-electron chi connectivity index (χ1n) is 13.7. The van der Waals surface area contributed by atoms with E-state index >= 15 is 0 Å². The van der Waals surface area contributed by atoms with Crippen molar-refractivity contribution < 1.29 is 57.0 Å². The number of imidazole rings is 1. The molecule has 0 bridgehead atoms. The summed E-state index contributed by atoms with van der Waals surface area (Å²) in [6, 6.07) is 9.06. The van der Waals surface area contributed by atoms with E-state index in [0.717, 1.165) is 17.5 Å². The molecular formula is C30H31Cl2F3N2O9. The van der Waals surface area contributed by atoms with E-state index in [9.17, 15) is 33.3 Å². The number of nitrogens with zero attached hydrogens (tertiary/aromatic N) is 2. The van der Waals surface area contributed by atoms with Crippen LogP contribution < -0.4 is 4.74 Å². The fraction of sp³-hybridized carbons (Fsp3) is 0.433. The van der Waals surface area contributed by atoms with Crippen LogP contribution in [0.25, 0.3) is 11.0 Å². The Kier molecular flexibility index (Phi) is 13.2. The van der Waals surface area contributed by atoms with Gasteiger partial charge in [-0.3, -0.25) is 4.79 Å². The van der Waals surface area contributed by atoms with E-state index in [1.807, 2.05) is 28.8 Å². The van der Waals surface area contributed by atoms with Gasteiger partial charge in [0.25, 0.3) is 0 Å². The van der Waals surface area contributed by atoms with Crippen molar-refractivity contribution in [1.29, 1.82) is 0 Å². The molecule has 16 heteroatoms. The van der Waals surface area contributed by atoms with Gasteiger partial charge in [-0.1, -0.05) is 35.3 Å². The number of para-hydroxylation sites is 2. The van der Waals surface area contributed by atoms with Crippen LogP contribution in [0.3, 0.4) is 0 Å². The van der Waals surface area contributed by atoms with Gasteiger partial charge in [0.1, 0.15) is 30.7 Å². The highest BCUT2D eigenvalue weighted by Crippen LogP contribution is 2.39. The molecule has 3 aromatic rings. The Morgan fingerprint density at radius 3 is 2.52 bits per heavy atom. The van der Waals surface area contributed by atoms with Crippen molar-refractivity contribution in [3.05, 3.63) is 57.3 Å². The highest BCUT2D eigenvalue weighted by atomic mass is 35.5. The molecular weight excluding hydrogens is 660 g/mol. The molecule has 1 fully saturated rings. The summed E-state index contributed by atoms with van der Waals surface area (Å²) in [6.07, 6.45) is -5.70. The molecule has 0 spiro atoms. The van der Waals surface area contributed by atoms with Crippen LogP contribution in [0, 0.1) is 19.3 Å². The van der Waals surface area contributed by atoms with Crippen molar-refractivity contribution in [3.63, 3.8) is 0 Å². The molecule has 0 saturated carbocycles. The molecule has 250 valence electrons. The quantitative estimate of drug-likeness (QED) is 0.123. The molecule has 1 aliphatic rings. The number of aryl methyl sites for hydroxylation is 1. The van der Waals surface area contributed by atoms with Crippen LogP contribution >= 0.6 is 23.2 Å². The third kappa shape index (κ3) is 8.89. The van der Waals surface area contributed by atoms with Gasteiger partial charge in [0, 0.05) is 20.1 Å². The van der Waals surface area contributed by atoms with E-state index < -0.39 is 55.7 Å². The number of esters is 1. The topological polar surface area (TPSA) is 150 Å². The Labute approximate surface area is 271 Å². The lowest BCUT2D eigenvalue weighted by Crippen LogP contribution is -2.60. The van der Waals surface area contributed by atoms with Crippen molar-refractivity contribution in [2.75, 3.05) is 13.7 Å². The number of halogens is 5. The summed E-state index contributed by atoms with van der Waals surface area (Å²) >= 11 is 13.1. The van der Waals surface area contributed by atoms with Gasteiger partial charge in [0.15, 0.2) is 18.1 Å². The number of fused-ring (bicyclic) bond motifs is 1. The van der Waals surface area contributed by atoms with Crippen LogP contribution in [0.4, 0.5) is 13.2 Å². The van der Waals surface area contributed by atoms with Crippen molar-refractivity contribution in [2.45, 2.75) is 69.8 Å². The maximum Gasteiger partial charge on any atom is 0.446 e. The van der Waals surface area contributed by atoms with Crippen LogP contribution in [0.15, 0.2) is 30.3 Å². The summed E-state index contributed by atoms with van der Waals surface area (Å²) in [5, 5.41) is 30.2. The van der Waals surface area contributed by atoms with E-state index in [1.165, 1.54) is 13.2 Å². The van der Waals surface area contributed by atoms with Gasteiger partial charge in [-0.2, -0.15) is 13.2 Å². The number of aldehydes is 1. The molecule has 2 heterocycles. The zero-order valence-corrected chi connectivity index (χ0v) is 26.1. The first-order valence-corrected chi connectivity index (χ1v) is 14.4. The Bertz CT molecular complexity index is 1560. The average Bonchev–Trinajstić information content (AvgIpc) is 3.38. The van der Waals surface area contributed by atoms with Crippen LogP contribution in [-0.2, 0) is 32.2 Å². The highest BCUT2D eigenvalue weighted by Gasteiger charge is 2.47. The smallest absolute Gasteiger partial charge is 0.446 e. The minimum atomic E-state index is -4.64. The summed E-state index contributed by atoms with van der Waals surface area (Å²) in [6.45, 7) is 1.74. The predicted molar refractivity (Wildman–Crippen MR) is 159 cm³/mol. The number of carbonyl (C=O) groups excluding carboxylic acids is 2.